The molecule has 2 atom stereocenters. The number of alkyl halides is 2. The van der Waals surface area contributed by atoms with Crippen LogP contribution in [0.15, 0.2) is 0 Å². The average molecular weight is 175 g/mol. The first-order valence-electron chi connectivity index (χ1n) is 4.64. The molecule has 0 aromatic heterocycles. The number of hydrogen-bond donors (Lipinski definition) is 0. The highest BCUT2D eigenvalue weighted by atomic mass is 19.3. The lowest BCUT2D eigenvalue weighted by atomic mass is 10.0. The highest BCUT2D eigenvalue weighted by Crippen LogP contribution is 2.48. The van der Waals surface area contributed by atoms with Crippen LogP contribution in [-0.2, 0) is 0 Å². The first-order valence-corrected chi connectivity index (χ1v) is 4.64. The molecule has 0 radical (unpaired) electrons. The van der Waals surface area contributed by atoms with Gasteiger partial charge in [-0.1, -0.05) is 0 Å². The zero-order valence-corrected chi connectivity index (χ0v) is 7.56. The normalized spacial score (nSPS) is 39.8. The quantitative estimate of drug-likeness (QED) is 0.590. The minimum absolute atomic E-state index is 0.0931. The second kappa shape index (κ2) is 2.41. The summed E-state index contributed by atoms with van der Waals surface area (Å²) in [6, 6.07) is 0.584. The van der Waals surface area contributed by atoms with Gasteiger partial charge in [0, 0.05) is 31.0 Å². The molecule has 1 saturated carbocycles. The van der Waals surface area contributed by atoms with Crippen LogP contribution in [0.4, 0.5) is 8.78 Å². The zero-order chi connectivity index (χ0) is 8.93. The molecule has 12 heavy (non-hydrogen) atoms. The lowest BCUT2D eigenvalue weighted by molar-refractivity contribution is -0.0715. The maximum Gasteiger partial charge on any atom is 0.253 e. The fraction of sp³-hybridized carbons (Fsp3) is 1.00. The molecule has 0 N–H and O–H groups in total. The van der Waals surface area contributed by atoms with Crippen molar-refractivity contribution in [3.63, 3.8) is 0 Å². The standard InChI is InChI=1S/C9H15F2N/c1-6(2)12-5-7-3-8(12)4-9(7,10)11/h6-8H,3-5H2,1-2H3. The van der Waals surface area contributed by atoms with E-state index in [-0.39, 0.29) is 18.4 Å². The molecule has 1 heterocycles. The van der Waals surface area contributed by atoms with E-state index in [0.717, 1.165) is 0 Å². The molecule has 70 valence electrons. The minimum atomic E-state index is -2.37. The van der Waals surface area contributed by atoms with E-state index in [1.807, 2.05) is 0 Å². The Morgan fingerprint density at radius 2 is 2.08 bits per heavy atom. The number of likely N-dealkylation sites (tertiary alicyclic amines) is 1. The molecule has 2 unspecified atom stereocenters. The Morgan fingerprint density at radius 1 is 1.42 bits per heavy atom. The predicted molar refractivity (Wildman–Crippen MR) is 43.3 cm³/mol. The van der Waals surface area contributed by atoms with E-state index in [1.54, 1.807) is 0 Å². The largest absolute Gasteiger partial charge is 0.297 e. The molecule has 2 rings (SSSR count). The average Bonchev–Trinajstić information content (AvgIpc) is 2.40. The third-order valence-electron chi connectivity index (χ3n) is 3.23. The number of halogens is 2. The van der Waals surface area contributed by atoms with Gasteiger partial charge in [0.25, 0.3) is 5.92 Å². The lowest BCUT2D eigenvalue weighted by Crippen LogP contribution is -2.44. The summed E-state index contributed by atoms with van der Waals surface area (Å²) in [5.74, 6) is -2.72. The summed E-state index contributed by atoms with van der Waals surface area (Å²) in [4.78, 5) is 2.21. The van der Waals surface area contributed by atoms with E-state index >= 15 is 0 Å². The summed E-state index contributed by atoms with van der Waals surface area (Å²) in [5, 5.41) is 0. The number of nitrogens with zero attached hydrogens (tertiary/aromatic N) is 1. The summed E-state index contributed by atoms with van der Waals surface area (Å²) in [5.41, 5.74) is 0. The molecule has 0 aromatic carbocycles. The van der Waals surface area contributed by atoms with Crippen LogP contribution in [-0.4, -0.2) is 29.5 Å². The Morgan fingerprint density at radius 3 is 2.42 bits per heavy atom. The van der Waals surface area contributed by atoms with E-state index in [4.69, 9.17) is 0 Å². The van der Waals surface area contributed by atoms with Gasteiger partial charge in [0.1, 0.15) is 0 Å². The van der Waals surface area contributed by atoms with Gasteiger partial charge in [0.05, 0.1) is 0 Å². The van der Waals surface area contributed by atoms with Gasteiger partial charge in [-0.15, -0.1) is 0 Å². The monoisotopic (exact) mass is 175 g/mol. The SMILES string of the molecule is CC(C)N1CC2CC1CC2(F)F. The number of rotatable bonds is 1. The molecule has 2 aliphatic rings. The van der Waals surface area contributed by atoms with Crippen molar-refractivity contribution in [3.8, 4) is 0 Å². The summed E-state index contributed by atoms with van der Waals surface area (Å²) in [6.45, 7) is 4.77. The molecule has 1 nitrogen and oxygen atoms in total. The van der Waals surface area contributed by atoms with Crippen LogP contribution in [0.25, 0.3) is 0 Å². The van der Waals surface area contributed by atoms with Crippen LogP contribution in [0.3, 0.4) is 0 Å². The minimum Gasteiger partial charge on any atom is -0.297 e. The van der Waals surface area contributed by atoms with E-state index < -0.39 is 5.92 Å². The Labute approximate surface area is 71.7 Å². The summed E-state index contributed by atoms with van der Waals surface area (Å²) in [6.07, 6.45) is 0.807. The molecule has 0 amide bonds. The van der Waals surface area contributed by atoms with Crippen molar-refractivity contribution in [2.45, 2.75) is 44.7 Å². The maximum absolute atomic E-state index is 13.0. The topological polar surface area (TPSA) is 3.24 Å². The smallest absolute Gasteiger partial charge is 0.253 e. The molecule has 1 aliphatic heterocycles. The fourth-order valence-corrected chi connectivity index (χ4v) is 2.56. The molecule has 2 bridgehead atoms. The van der Waals surface area contributed by atoms with Gasteiger partial charge in [0.15, 0.2) is 0 Å². The van der Waals surface area contributed by atoms with Crippen LogP contribution in [0, 0.1) is 5.92 Å². The van der Waals surface area contributed by atoms with Gasteiger partial charge in [-0.25, -0.2) is 8.78 Å². The van der Waals surface area contributed by atoms with Crippen molar-refractivity contribution in [2.75, 3.05) is 6.54 Å². The van der Waals surface area contributed by atoms with Crippen molar-refractivity contribution in [1.29, 1.82) is 0 Å². The summed E-state index contributed by atoms with van der Waals surface area (Å²) < 4.78 is 26.1. The van der Waals surface area contributed by atoms with Crippen molar-refractivity contribution in [1.82, 2.24) is 4.90 Å². The number of hydrogen-bond acceptors (Lipinski definition) is 1. The third-order valence-corrected chi connectivity index (χ3v) is 3.23. The molecule has 3 heteroatoms. The molecular formula is C9H15F2N. The van der Waals surface area contributed by atoms with E-state index in [0.29, 0.717) is 19.0 Å². The number of piperidine rings is 1. The highest BCUT2D eigenvalue weighted by Gasteiger charge is 2.56. The van der Waals surface area contributed by atoms with Gasteiger partial charge in [-0.3, -0.25) is 4.90 Å². The van der Waals surface area contributed by atoms with E-state index in [9.17, 15) is 8.78 Å². The van der Waals surface area contributed by atoms with Gasteiger partial charge >= 0.3 is 0 Å². The van der Waals surface area contributed by atoms with Gasteiger partial charge in [-0.2, -0.15) is 0 Å². The Bertz CT molecular complexity index is 191. The fourth-order valence-electron chi connectivity index (χ4n) is 2.56. The first-order chi connectivity index (χ1) is 5.50. The molecular weight excluding hydrogens is 160 g/mol. The Kier molecular flexibility index (Phi) is 1.69. The van der Waals surface area contributed by atoms with E-state index in [2.05, 4.69) is 18.7 Å². The van der Waals surface area contributed by atoms with E-state index in [1.165, 1.54) is 0 Å². The maximum atomic E-state index is 13.0. The van der Waals surface area contributed by atoms with Gasteiger partial charge in [-0.05, 0) is 20.3 Å². The number of fused-ring (bicyclic) bond motifs is 2. The van der Waals surface area contributed by atoms with Crippen LogP contribution < -0.4 is 0 Å². The van der Waals surface area contributed by atoms with Crippen molar-refractivity contribution < 1.29 is 8.78 Å². The van der Waals surface area contributed by atoms with Crippen LogP contribution >= 0.6 is 0 Å². The Balaban J connectivity index is 2.08. The molecule has 2 fully saturated rings. The summed E-state index contributed by atoms with van der Waals surface area (Å²) in [7, 11) is 0. The second-order valence-corrected chi connectivity index (χ2v) is 4.34. The molecule has 1 aliphatic carbocycles. The summed E-state index contributed by atoms with van der Waals surface area (Å²) >= 11 is 0. The van der Waals surface area contributed by atoms with Crippen LogP contribution in [0.1, 0.15) is 26.7 Å². The molecule has 1 saturated heterocycles. The predicted octanol–water partition coefficient (Wildman–Crippen LogP) is 2.12. The van der Waals surface area contributed by atoms with Crippen molar-refractivity contribution in [2.24, 2.45) is 5.92 Å². The van der Waals surface area contributed by atoms with Crippen molar-refractivity contribution >= 4 is 0 Å². The second-order valence-electron chi connectivity index (χ2n) is 4.34. The molecule has 0 spiro atoms. The first kappa shape index (κ1) is 8.42. The highest BCUT2D eigenvalue weighted by molar-refractivity contribution is 5.02. The van der Waals surface area contributed by atoms with Crippen LogP contribution in [0.2, 0.25) is 0 Å². The van der Waals surface area contributed by atoms with Gasteiger partial charge < -0.3 is 0 Å². The molecule has 0 aromatic rings. The Hall–Kier alpha value is -0.180. The van der Waals surface area contributed by atoms with Crippen molar-refractivity contribution in [3.05, 3.63) is 0 Å². The van der Waals surface area contributed by atoms with Gasteiger partial charge in [0.2, 0.25) is 0 Å². The lowest BCUT2D eigenvalue weighted by Gasteiger charge is -2.33. The van der Waals surface area contributed by atoms with Crippen LogP contribution in [0.5, 0.6) is 0 Å². The zero-order valence-electron chi connectivity index (χ0n) is 7.56. The third kappa shape index (κ3) is 1.06.